The van der Waals surface area contributed by atoms with Gasteiger partial charge in [-0.05, 0) is 38.1 Å². The number of rotatable bonds is 5. The number of carbonyl (C=O) groups excluding carboxylic acids is 1. The molecule has 1 amide bonds. The van der Waals surface area contributed by atoms with E-state index in [0.29, 0.717) is 16.9 Å². The zero-order valence-corrected chi connectivity index (χ0v) is 17.8. The first-order chi connectivity index (χ1) is 15.2. The highest BCUT2D eigenvalue weighted by Crippen LogP contribution is 2.20. The number of nitrogens with one attached hydrogen (secondary N) is 1. The number of fused-ring (bicyclic) bond motifs is 1. The second-order valence-corrected chi connectivity index (χ2v) is 7.60. The van der Waals surface area contributed by atoms with Crippen LogP contribution in [-0.4, -0.2) is 25.2 Å². The summed E-state index contributed by atoms with van der Waals surface area (Å²) in [7, 11) is 1.64. The van der Waals surface area contributed by atoms with Crippen LogP contribution in [-0.2, 0) is 18.3 Å². The van der Waals surface area contributed by atoms with Crippen LogP contribution in [0.15, 0.2) is 47.3 Å². The van der Waals surface area contributed by atoms with Crippen LogP contribution in [0.1, 0.15) is 23.4 Å². The Morgan fingerprint density at radius 2 is 1.78 bits per heavy atom. The number of benzene rings is 2. The highest BCUT2D eigenvalue weighted by molar-refractivity contribution is 5.90. The molecule has 0 fully saturated rings. The minimum Gasteiger partial charge on any atom is -0.326 e. The first kappa shape index (κ1) is 21.4. The number of hydrogen-bond donors (Lipinski definition) is 1. The maximum absolute atomic E-state index is 13.3. The SMILES string of the molecule is Cc1ccc(-n2nc(C)c3nc(CCC(=O)Nc4ccc(F)c(F)c4)c(=O)n(C)c32)cc1. The number of anilines is 1. The molecule has 0 bridgehead atoms. The van der Waals surface area contributed by atoms with Gasteiger partial charge in [-0.25, -0.2) is 18.4 Å². The minimum atomic E-state index is -1.05. The van der Waals surface area contributed by atoms with E-state index in [1.165, 1.54) is 10.6 Å². The van der Waals surface area contributed by atoms with E-state index in [-0.39, 0.29) is 29.8 Å². The summed E-state index contributed by atoms with van der Waals surface area (Å²) in [5, 5.41) is 7.04. The largest absolute Gasteiger partial charge is 0.326 e. The molecule has 1 N–H and O–H groups in total. The number of amides is 1. The second kappa shape index (κ2) is 8.33. The molecule has 7 nitrogen and oxygen atoms in total. The van der Waals surface area contributed by atoms with Crippen molar-refractivity contribution in [3.05, 3.63) is 81.4 Å². The molecule has 4 rings (SSSR count). The van der Waals surface area contributed by atoms with Crippen molar-refractivity contribution in [2.45, 2.75) is 26.7 Å². The highest BCUT2D eigenvalue weighted by atomic mass is 19.2. The number of nitrogens with zero attached hydrogens (tertiary/aromatic N) is 4. The number of hydrogen-bond acceptors (Lipinski definition) is 4. The van der Waals surface area contributed by atoms with Crippen molar-refractivity contribution in [2.75, 3.05) is 5.32 Å². The van der Waals surface area contributed by atoms with Crippen molar-refractivity contribution in [3.63, 3.8) is 0 Å². The lowest BCUT2D eigenvalue weighted by Crippen LogP contribution is -2.25. The zero-order valence-electron chi connectivity index (χ0n) is 17.8. The smallest absolute Gasteiger partial charge is 0.273 e. The van der Waals surface area contributed by atoms with Crippen molar-refractivity contribution < 1.29 is 13.6 Å². The number of halogens is 2. The third kappa shape index (κ3) is 4.01. The summed E-state index contributed by atoms with van der Waals surface area (Å²) in [6.07, 6.45) is 0.0468. The molecule has 0 saturated heterocycles. The molecular weight excluding hydrogens is 416 g/mol. The molecule has 0 spiro atoms. The molecule has 2 aromatic carbocycles. The fraction of sp³-hybridized carbons (Fsp3) is 0.217. The van der Waals surface area contributed by atoms with E-state index in [0.717, 1.165) is 23.4 Å². The zero-order chi connectivity index (χ0) is 23.0. The number of aryl methyl sites for hydroxylation is 4. The Balaban J connectivity index is 1.60. The quantitative estimate of drug-likeness (QED) is 0.517. The molecule has 2 heterocycles. The van der Waals surface area contributed by atoms with Gasteiger partial charge in [-0.3, -0.25) is 14.2 Å². The van der Waals surface area contributed by atoms with Crippen LogP contribution >= 0.6 is 0 Å². The van der Waals surface area contributed by atoms with Crippen LogP contribution in [0, 0.1) is 25.5 Å². The van der Waals surface area contributed by atoms with E-state index < -0.39 is 17.5 Å². The van der Waals surface area contributed by atoms with E-state index in [4.69, 9.17) is 0 Å². The van der Waals surface area contributed by atoms with Crippen LogP contribution < -0.4 is 10.9 Å². The van der Waals surface area contributed by atoms with E-state index in [9.17, 15) is 18.4 Å². The maximum atomic E-state index is 13.3. The summed E-state index contributed by atoms with van der Waals surface area (Å²) < 4.78 is 29.5. The Kier molecular flexibility index (Phi) is 5.56. The van der Waals surface area contributed by atoms with Crippen LogP contribution in [0.3, 0.4) is 0 Å². The lowest BCUT2D eigenvalue weighted by atomic mass is 10.2. The average Bonchev–Trinajstić information content (AvgIpc) is 3.09. The van der Waals surface area contributed by atoms with Gasteiger partial charge in [0.15, 0.2) is 17.3 Å². The molecule has 0 aliphatic rings. The van der Waals surface area contributed by atoms with E-state index in [2.05, 4.69) is 15.4 Å². The molecule has 32 heavy (non-hydrogen) atoms. The predicted molar refractivity (Wildman–Crippen MR) is 117 cm³/mol. The van der Waals surface area contributed by atoms with Crippen molar-refractivity contribution in [3.8, 4) is 5.69 Å². The third-order valence-electron chi connectivity index (χ3n) is 5.19. The van der Waals surface area contributed by atoms with Gasteiger partial charge in [0, 0.05) is 31.6 Å². The van der Waals surface area contributed by atoms with Gasteiger partial charge >= 0.3 is 0 Å². The maximum Gasteiger partial charge on any atom is 0.273 e. The van der Waals surface area contributed by atoms with Crippen LogP contribution in [0.5, 0.6) is 0 Å². The summed E-state index contributed by atoms with van der Waals surface area (Å²) >= 11 is 0. The van der Waals surface area contributed by atoms with Gasteiger partial charge in [0.05, 0.1) is 11.4 Å². The van der Waals surface area contributed by atoms with Gasteiger partial charge in [-0.15, -0.1) is 0 Å². The summed E-state index contributed by atoms with van der Waals surface area (Å²) in [5.41, 5.74) is 3.75. The van der Waals surface area contributed by atoms with E-state index in [1.807, 2.05) is 38.1 Å². The van der Waals surface area contributed by atoms with Crippen molar-refractivity contribution >= 4 is 22.8 Å². The fourth-order valence-electron chi connectivity index (χ4n) is 3.47. The van der Waals surface area contributed by atoms with E-state index in [1.54, 1.807) is 11.7 Å². The summed E-state index contributed by atoms with van der Waals surface area (Å²) in [4.78, 5) is 29.7. The lowest BCUT2D eigenvalue weighted by molar-refractivity contribution is -0.116. The van der Waals surface area contributed by atoms with Crippen LogP contribution in [0.2, 0.25) is 0 Å². The van der Waals surface area contributed by atoms with Crippen molar-refractivity contribution in [1.82, 2.24) is 19.3 Å². The van der Waals surface area contributed by atoms with Gasteiger partial charge < -0.3 is 5.32 Å². The third-order valence-corrected chi connectivity index (χ3v) is 5.19. The fourth-order valence-corrected chi connectivity index (χ4v) is 3.47. The lowest BCUT2D eigenvalue weighted by Gasteiger charge is -2.09. The molecule has 0 unspecified atom stereocenters. The Morgan fingerprint density at radius 3 is 2.47 bits per heavy atom. The molecule has 2 aromatic heterocycles. The molecule has 0 saturated carbocycles. The monoisotopic (exact) mass is 437 g/mol. The first-order valence-electron chi connectivity index (χ1n) is 10.0. The van der Waals surface area contributed by atoms with Crippen molar-refractivity contribution in [1.29, 1.82) is 0 Å². The summed E-state index contributed by atoms with van der Waals surface area (Å²) in [6.45, 7) is 3.80. The molecule has 0 aliphatic heterocycles. The van der Waals surface area contributed by atoms with Gasteiger partial charge in [0.1, 0.15) is 11.2 Å². The molecule has 0 radical (unpaired) electrons. The highest BCUT2D eigenvalue weighted by Gasteiger charge is 2.18. The topological polar surface area (TPSA) is 81.8 Å². The molecule has 0 aliphatic carbocycles. The molecule has 9 heteroatoms. The Hall–Kier alpha value is -3.88. The van der Waals surface area contributed by atoms with E-state index >= 15 is 0 Å². The number of aromatic nitrogens is 4. The first-order valence-corrected chi connectivity index (χ1v) is 10.0. The Labute approximate surface area is 182 Å². The Morgan fingerprint density at radius 1 is 1.06 bits per heavy atom. The average molecular weight is 437 g/mol. The molecular formula is C23H21F2N5O2. The summed E-state index contributed by atoms with van der Waals surface area (Å²) in [5.74, 6) is -2.48. The summed E-state index contributed by atoms with van der Waals surface area (Å²) in [6, 6.07) is 10.9. The van der Waals surface area contributed by atoms with Crippen LogP contribution in [0.25, 0.3) is 16.9 Å². The standard InChI is InChI=1S/C23H21F2N5O2/c1-13-4-7-16(8-5-13)30-22-21(14(2)28-30)27-19(23(32)29(22)3)10-11-20(31)26-15-6-9-17(24)18(25)12-15/h4-9,12H,10-11H2,1-3H3,(H,26,31). The van der Waals surface area contributed by atoms with Gasteiger partial charge in [-0.2, -0.15) is 5.10 Å². The van der Waals surface area contributed by atoms with Gasteiger partial charge in [0.25, 0.3) is 5.56 Å². The normalized spacial score (nSPS) is 11.2. The van der Waals surface area contributed by atoms with Gasteiger partial charge in [-0.1, -0.05) is 17.7 Å². The predicted octanol–water partition coefficient (Wildman–Crippen LogP) is 3.59. The van der Waals surface area contributed by atoms with Gasteiger partial charge in [0.2, 0.25) is 5.91 Å². The molecule has 4 aromatic rings. The van der Waals surface area contributed by atoms with Crippen molar-refractivity contribution in [2.24, 2.45) is 7.05 Å². The second-order valence-electron chi connectivity index (χ2n) is 7.60. The minimum absolute atomic E-state index is 0.0438. The van der Waals surface area contributed by atoms with Crippen LogP contribution in [0.4, 0.5) is 14.5 Å². The Bertz CT molecular complexity index is 1390. The number of carbonyl (C=O) groups is 1. The molecule has 0 atom stereocenters. The molecule has 164 valence electrons.